The van der Waals surface area contributed by atoms with E-state index < -0.39 is 36.5 Å². The molecule has 0 N–H and O–H groups in total. The molecular formula is C21H22O6. The SMILES string of the molecule is CO[C@H]1C[C@@H](OC(=O)c2ccccc2)[C@@H](OC(=O)c2ccccc2)[C@H](C)O1. The number of esters is 2. The molecule has 2 aromatic carbocycles. The third-order valence-corrected chi connectivity index (χ3v) is 4.40. The van der Waals surface area contributed by atoms with Gasteiger partial charge >= 0.3 is 11.9 Å². The van der Waals surface area contributed by atoms with E-state index in [4.69, 9.17) is 18.9 Å². The van der Waals surface area contributed by atoms with Crippen LogP contribution in [0, 0.1) is 0 Å². The van der Waals surface area contributed by atoms with E-state index in [0.29, 0.717) is 11.1 Å². The summed E-state index contributed by atoms with van der Waals surface area (Å²) >= 11 is 0. The van der Waals surface area contributed by atoms with Crippen LogP contribution < -0.4 is 0 Å². The number of hydrogen-bond donors (Lipinski definition) is 0. The lowest BCUT2D eigenvalue weighted by atomic mass is 10.0. The molecule has 0 bridgehead atoms. The van der Waals surface area contributed by atoms with Gasteiger partial charge in [0.25, 0.3) is 0 Å². The van der Waals surface area contributed by atoms with Gasteiger partial charge in [0.2, 0.25) is 0 Å². The first kappa shape index (κ1) is 19.1. The normalized spacial score (nSPS) is 24.8. The van der Waals surface area contributed by atoms with Crippen LogP contribution in [-0.2, 0) is 18.9 Å². The van der Waals surface area contributed by atoms with Crippen molar-refractivity contribution in [2.45, 2.75) is 37.9 Å². The van der Waals surface area contributed by atoms with E-state index in [9.17, 15) is 9.59 Å². The minimum absolute atomic E-state index is 0.270. The predicted octanol–water partition coefficient (Wildman–Crippen LogP) is 3.22. The van der Waals surface area contributed by atoms with Crippen LogP contribution in [0.5, 0.6) is 0 Å². The number of rotatable bonds is 5. The maximum Gasteiger partial charge on any atom is 0.338 e. The predicted molar refractivity (Wildman–Crippen MR) is 97.3 cm³/mol. The summed E-state index contributed by atoms with van der Waals surface area (Å²) in [4.78, 5) is 24.9. The number of carbonyl (C=O) groups excluding carboxylic acids is 2. The Morgan fingerprint density at radius 1 is 0.889 bits per heavy atom. The smallest absolute Gasteiger partial charge is 0.338 e. The monoisotopic (exact) mass is 370 g/mol. The Morgan fingerprint density at radius 2 is 1.41 bits per heavy atom. The zero-order valence-electron chi connectivity index (χ0n) is 15.2. The first-order valence-corrected chi connectivity index (χ1v) is 8.79. The molecule has 3 rings (SSSR count). The summed E-state index contributed by atoms with van der Waals surface area (Å²) in [6, 6.07) is 17.3. The highest BCUT2D eigenvalue weighted by Gasteiger charge is 2.42. The topological polar surface area (TPSA) is 71.1 Å². The van der Waals surface area contributed by atoms with Crippen LogP contribution >= 0.6 is 0 Å². The minimum Gasteiger partial charge on any atom is -0.455 e. The van der Waals surface area contributed by atoms with Gasteiger partial charge in [0, 0.05) is 13.5 Å². The Bertz CT molecular complexity index is 761. The fraction of sp³-hybridized carbons (Fsp3) is 0.333. The van der Waals surface area contributed by atoms with Crippen molar-refractivity contribution in [1.29, 1.82) is 0 Å². The van der Waals surface area contributed by atoms with Crippen molar-refractivity contribution in [2.75, 3.05) is 7.11 Å². The molecule has 0 amide bonds. The Balaban J connectivity index is 1.76. The standard InChI is InChI=1S/C21H22O6/c1-14-19(27-21(23)16-11-7-4-8-12-16)17(13-18(24-2)25-14)26-20(22)15-9-5-3-6-10-15/h3-12,14,17-19H,13H2,1-2H3/t14-,17+,18+,19-/m0/s1. The molecule has 0 saturated carbocycles. The summed E-state index contributed by atoms with van der Waals surface area (Å²) in [6.07, 6.45) is -2.19. The molecule has 1 fully saturated rings. The zero-order valence-corrected chi connectivity index (χ0v) is 15.2. The second-order valence-electron chi connectivity index (χ2n) is 6.29. The largest absolute Gasteiger partial charge is 0.455 e. The van der Waals surface area contributed by atoms with Crippen molar-refractivity contribution >= 4 is 11.9 Å². The molecule has 142 valence electrons. The summed E-state index contributed by atoms with van der Waals surface area (Å²) in [5.74, 6) is -0.974. The van der Waals surface area contributed by atoms with Gasteiger partial charge in [-0.2, -0.15) is 0 Å². The molecule has 0 aromatic heterocycles. The fourth-order valence-corrected chi connectivity index (χ4v) is 2.98. The Kier molecular flexibility index (Phi) is 6.21. The third kappa shape index (κ3) is 4.72. The second kappa shape index (κ2) is 8.79. The van der Waals surface area contributed by atoms with E-state index in [0.717, 1.165) is 0 Å². The van der Waals surface area contributed by atoms with E-state index in [2.05, 4.69) is 0 Å². The molecule has 27 heavy (non-hydrogen) atoms. The van der Waals surface area contributed by atoms with Gasteiger partial charge in [-0.15, -0.1) is 0 Å². The van der Waals surface area contributed by atoms with Gasteiger partial charge in [0.15, 0.2) is 12.4 Å². The number of hydrogen-bond acceptors (Lipinski definition) is 6. The van der Waals surface area contributed by atoms with Crippen molar-refractivity contribution in [3.8, 4) is 0 Å². The van der Waals surface area contributed by atoms with Gasteiger partial charge in [0.1, 0.15) is 6.10 Å². The quantitative estimate of drug-likeness (QED) is 0.753. The maximum atomic E-state index is 12.5. The van der Waals surface area contributed by atoms with Crippen molar-refractivity contribution in [3.05, 3.63) is 71.8 Å². The van der Waals surface area contributed by atoms with E-state index in [1.165, 1.54) is 7.11 Å². The van der Waals surface area contributed by atoms with Crippen molar-refractivity contribution < 1.29 is 28.5 Å². The van der Waals surface area contributed by atoms with Crippen molar-refractivity contribution in [1.82, 2.24) is 0 Å². The fourth-order valence-electron chi connectivity index (χ4n) is 2.98. The van der Waals surface area contributed by atoms with E-state index >= 15 is 0 Å². The van der Waals surface area contributed by atoms with Crippen LogP contribution in [0.15, 0.2) is 60.7 Å². The highest BCUT2D eigenvalue weighted by Crippen LogP contribution is 2.27. The minimum atomic E-state index is -0.739. The first-order chi connectivity index (χ1) is 13.1. The van der Waals surface area contributed by atoms with Gasteiger partial charge < -0.3 is 18.9 Å². The van der Waals surface area contributed by atoms with Crippen molar-refractivity contribution in [2.24, 2.45) is 0 Å². The Hall–Kier alpha value is -2.70. The number of benzene rings is 2. The summed E-state index contributed by atoms with van der Waals surface area (Å²) in [7, 11) is 1.52. The summed E-state index contributed by atoms with van der Waals surface area (Å²) in [6.45, 7) is 1.76. The van der Waals surface area contributed by atoms with Gasteiger partial charge in [-0.25, -0.2) is 9.59 Å². The van der Waals surface area contributed by atoms with Gasteiger partial charge in [0.05, 0.1) is 17.2 Å². The van der Waals surface area contributed by atoms with Gasteiger partial charge in [-0.1, -0.05) is 36.4 Å². The number of methoxy groups -OCH3 is 1. The molecule has 0 radical (unpaired) electrons. The molecule has 0 spiro atoms. The molecule has 6 heteroatoms. The van der Waals surface area contributed by atoms with E-state index in [1.54, 1.807) is 55.5 Å². The van der Waals surface area contributed by atoms with Crippen LogP contribution in [0.4, 0.5) is 0 Å². The lowest BCUT2D eigenvalue weighted by Gasteiger charge is -2.38. The molecule has 1 aliphatic heterocycles. The maximum absolute atomic E-state index is 12.5. The third-order valence-electron chi connectivity index (χ3n) is 4.40. The van der Waals surface area contributed by atoms with Crippen LogP contribution in [0.2, 0.25) is 0 Å². The molecule has 4 atom stereocenters. The molecular weight excluding hydrogens is 348 g/mol. The van der Waals surface area contributed by atoms with E-state index in [-0.39, 0.29) is 6.42 Å². The average molecular weight is 370 g/mol. The average Bonchev–Trinajstić information content (AvgIpc) is 2.71. The zero-order chi connectivity index (χ0) is 19.2. The highest BCUT2D eigenvalue weighted by molar-refractivity contribution is 5.90. The Morgan fingerprint density at radius 3 is 1.93 bits per heavy atom. The second-order valence-corrected chi connectivity index (χ2v) is 6.29. The van der Waals surface area contributed by atoms with Crippen LogP contribution in [0.1, 0.15) is 34.1 Å². The Labute approximate surface area is 158 Å². The van der Waals surface area contributed by atoms with Crippen LogP contribution in [-0.4, -0.2) is 43.7 Å². The molecule has 1 aliphatic rings. The molecule has 0 aliphatic carbocycles. The number of ether oxygens (including phenoxy) is 4. The molecule has 2 aromatic rings. The van der Waals surface area contributed by atoms with Gasteiger partial charge in [-0.3, -0.25) is 0 Å². The molecule has 6 nitrogen and oxygen atoms in total. The van der Waals surface area contributed by atoms with Crippen LogP contribution in [0.3, 0.4) is 0 Å². The molecule has 1 heterocycles. The van der Waals surface area contributed by atoms with Crippen molar-refractivity contribution in [3.63, 3.8) is 0 Å². The summed E-state index contributed by atoms with van der Waals surface area (Å²) < 4.78 is 22.3. The summed E-state index contributed by atoms with van der Waals surface area (Å²) in [5.41, 5.74) is 0.852. The van der Waals surface area contributed by atoms with E-state index in [1.807, 2.05) is 12.1 Å². The lowest BCUT2D eigenvalue weighted by Crippen LogP contribution is -2.51. The molecule has 1 saturated heterocycles. The van der Waals surface area contributed by atoms with Crippen LogP contribution in [0.25, 0.3) is 0 Å². The van der Waals surface area contributed by atoms with Gasteiger partial charge in [-0.05, 0) is 31.2 Å². The lowest BCUT2D eigenvalue weighted by molar-refractivity contribution is -0.236. The highest BCUT2D eigenvalue weighted by atomic mass is 16.7. The molecule has 0 unspecified atom stereocenters. The summed E-state index contributed by atoms with van der Waals surface area (Å²) in [5, 5.41) is 0. The number of carbonyl (C=O) groups is 2. The first-order valence-electron chi connectivity index (χ1n) is 8.79.